The van der Waals surface area contributed by atoms with E-state index in [2.05, 4.69) is 10.6 Å². The zero-order chi connectivity index (χ0) is 20.3. The third kappa shape index (κ3) is 2.04. The lowest BCUT2D eigenvalue weighted by Gasteiger charge is -2.66. The summed E-state index contributed by atoms with van der Waals surface area (Å²) in [6.07, 6.45) is 13.1. The summed E-state index contributed by atoms with van der Waals surface area (Å²) in [6, 6.07) is 0. The van der Waals surface area contributed by atoms with E-state index in [0.29, 0.717) is 10.8 Å². The third-order valence-electron chi connectivity index (χ3n) is 10.7. The molecule has 4 nitrogen and oxygen atoms in total. The minimum absolute atomic E-state index is 0.0849. The van der Waals surface area contributed by atoms with Crippen LogP contribution in [0.1, 0.15) is 64.2 Å². The highest BCUT2D eigenvalue weighted by Crippen LogP contribution is 2.69. The Morgan fingerprint density at radius 3 is 1.97 bits per heavy atom. The van der Waals surface area contributed by atoms with Crippen LogP contribution in [0.2, 0.25) is 0 Å². The van der Waals surface area contributed by atoms with Crippen molar-refractivity contribution in [3.05, 3.63) is 33.4 Å². The van der Waals surface area contributed by atoms with Crippen molar-refractivity contribution in [2.24, 2.45) is 16.2 Å². The van der Waals surface area contributed by atoms with Crippen molar-refractivity contribution in [1.82, 2.24) is 10.6 Å². The summed E-state index contributed by atoms with van der Waals surface area (Å²) in [5.74, 6) is 0. The Hall–Kier alpha value is -0.940. The van der Waals surface area contributed by atoms with Gasteiger partial charge in [0.25, 0.3) is 0 Å². The zero-order valence-corrected chi connectivity index (χ0v) is 18.8. The molecule has 4 aliphatic heterocycles. The first kappa shape index (κ1) is 18.5. The van der Waals surface area contributed by atoms with Gasteiger partial charge in [0.2, 0.25) is 0 Å². The van der Waals surface area contributed by atoms with Crippen LogP contribution in [0.3, 0.4) is 0 Å². The lowest BCUT2D eigenvalue weighted by molar-refractivity contribution is -0.163. The standard InChI is InChI=1S/C27H36N2O2/c1-3-18-11-20-12-19-4-2-6-25(16-30-17-25)22(19)27(8-10-31-27)23(20)26(14-29-15-26)21(18)24(5-1)7-9-28-13-24/h28-29H,1-17H2. The molecule has 8 aliphatic rings. The van der Waals surface area contributed by atoms with Gasteiger partial charge in [-0.25, -0.2) is 0 Å². The summed E-state index contributed by atoms with van der Waals surface area (Å²) in [4.78, 5) is 0. The van der Waals surface area contributed by atoms with Gasteiger partial charge in [0.15, 0.2) is 0 Å². The molecule has 0 aromatic rings. The van der Waals surface area contributed by atoms with Gasteiger partial charge < -0.3 is 20.1 Å². The maximum Gasteiger partial charge on any atom is 0.115 e. The first-order valence-electron chi connectivity index (χ1n) is 13.0. The lowest BCUT2D eigenvalue weighted by Crippen LogP contribution is -2.69. The average Bonchev–Trinajstić information content (AvgIpc) is 3.15. The average molecular weight is 421 g/mol. The summed E-state index contributed by atoms with van der Waals surface area (Å²) in [7, 11) is 0. The molecule has 0 radical (unpaired) electrons. The second-order valence-corrected chi connectivity index (χ2v) is 12.1. The third-order valence-corrected chi connectivity index (χ3v) is 10.7. The molecule has 31 heavy (non-hydrogen) atoms. The van der Waals surface area contributed by atoms with Crippen LogP contribution >= 0.6 is 0 Å². The van der Waals surface area contributed by atoms with Gasteiger partial charge in [-0.05, 0) is 75.5 Å². The van der Waals surface area contributed by atoms with E-state index >= 15 is 0 Å². The number of rotatable bonds is 0. The number of allylic oxidation sites excluding steroid dienone is 3. The summed E-state index contributed by atoms with van der Waals surface area (Å²) in [5.41, 5.74) is 11.6. The van der Waals surface area contributed by atoms with Gasteiger partial charge >= 0.3 is 0 Å². The van der Waals surface area contributed by atoms with E-state index in [1.165, 1.54) is 77.3 Å². The topological polar surface area (TPSA) is 42.5 Å². The monoisotopic (exact) mass is 420 g/mol. The Balaban J connectivity index is 1.33. The van der Waals surface area contributed by atoms with E-state index in [-0.39, 0.29) is 11.0 Å². The predicted octanol–water partition coefficient (Wildman–Crippen LogP) is 3.80. The Morgan fingerprint density at radius 1 is 0.677 bits per heavy atom. The first-order valence-corrected chi connectivity index (χ1v) is 13.0. The number of hydrogen-bond donors (Lipinski definition) is 2. The largest absolute Gasteiger partial charge is 0.379 e. The van der Waals surface area contributed by atoms with Crippen molar-refractivity contribution in [3.63, 3.8) is 0 Å². The fourth-order valence-corrected chi connectivity index (χ4v) is 9.70. The van der Waals surface area contributed by atoms with Crippen molar-refractivity contribution in [1.29, 1.82) is 0 Å². The fraction of sp³-hybridized carbons (Fsp3) is 0.778. The van der Waals surface area contributed by atoms with Crippen LogP contribution in [0.5, 0.6) is 0 Å². The van der Waals surface area contributed by atoms with E-state index in [9.17, 15) is 0 Å². The van der Waals surface area contributed by atoms with Crippen molar-refractivity contribution in [3.8, 4) is 0 Å². The molecule has 166 valence electrons. The van der Waals surface area contributed by atoms with E-state index in [1.54, 1.807) is 22.3 Å². The van der Waals surface area contributed by atoms with Crippen molar-refractivity contribution >= 4 is 0 Å². The van der Waals surface area contributed by atoms with Gasteiger partial charge in [-0.2, -0.15) is 0 Å². The minimum atomic E-state index is -0.0849. The van der Waals surface area contributed by atoms with Crippen LogP contribution in [-0.4, -0.2) is 51.6 Å². The normalized spacial score (nSPS) is 41.8. The Kier molecular flexibility index (Phi) is 3.54. The molecule has 0 saturated carbocycles. The Morgan fingerprint density at radius 2 is 1.42 bits per heavy atom. The summed E-state index contributed by atoms with van der Waals surface area (Å²) < 4.78 is 12.7. The van der Waals surface area contributed by atoms with Crippen molar-refractivity contribution in [2.45, 2.75) is 69.8 Å². The molecule has 2 unspecified atom stereocenters. The molecule has 0 aromatic carbocycles. The molecule has 0 bridgehead atoms. The molecule has 4 fully saturated rings. The van der Waals surface area contributed by atoms with E-state index in [4.69, 9.17) is 9.47 Å². The molecule has 0 amide bonds. The smallest absolute Gasteiger partial charge is 0.115 e. The van der Waals surface area contributed by atoms with Crippen LogP contribution in [0.15, 0.2) is 33.4 Å². The molecule has 4 aliphatic carbocycles. The van der Waals surface area contributed by atoms with Crippen molar-refractivity contribution < 1.29 is 9.47 Å². The molecular formula is C27H36N2O2. The van der Waals surface area contributed by atoms with Crippen LogP contribution < -0.4 is 10.6 Å². The Labute approximate surface area is 185 Å². The molecule has 8 rings (SSSR count). The van der Waals surface area contributed by atoms with E-state index < -0.39 is 0 Å². The molecule has 2 N–H and O–H groups in total. The highest BCUT2D eigenvalue weighted by Gasteiger charge is 2.67. The minimum Gasteiger partial charge on any atom is -0.379 e. The molecule has 4 heterocycles. The first-order chi connectivity index (χ1) is 15.2. The number of nitrogens with one attached hydrogen (secondary N) is 2. The maximum absolute atomic E-state index is 6.85. The van der Waals surface area contributed by atoms with Gasteiger partial charge in [0.05, 0.1) is 19.8 Å². The molecular weight excluding hydrogens is 384 g/mol. The van der Waals surface area contributed by atoms with Gasteiger partial charge in [-0.3, -0.25) is 0 Å². The van der Waals surface area contributed by atoms with Crippen LogP contribution in [-0.2, 0) is 9.47 Å². The van der Waals surface area contributed by atoms with E-state index in [1.807, 2.05) is 11.1 Å². The quantitative estimate of drug-likeness (QED) is 0.585. The fourth-order valence-electron chi connectivity index (χ4n) is 9.70. The van der Waals surface area contributed by atoms with Gasteiger partial charge in [-0.1, -0.05) is 22.3 Å². The SMILES string of the molecule is C1CC2=C(C3(C1)CCNC3)C1(CNC1)C1=C(C2)CC2=C(C3(CCC2)COC3)C12CCO2. The zero-order valence-electron chi connectivity index (χ0n) is 18.8. The van der Waals surface area contributed by atoms with Crippen LogP contribution in [0.25, 0.3) is 0 Å². The van der Waals surface area contributed by atoms with Crippen LogP contribution in [0, 0.1) is 16.2 Å². The predicted molar refractivity (Wildman–Crippen MR) is 120 cm³/mol. The highest BCUT2D eigenvalue weighted by molar-refractivity contribution is 5.62. The van der Waals surface area contributed by atoms with Gasteiger partial charge in [-0.15, -0.1) is 0 Å². The van der Waals surface area contributed by atoms with Crippen molar-refractivity contribution in [2.75, 3.05) is 46.0 Å². The lowest BCUT2D eigenvalue weighted by atomic mass is 9.45. The van der Waals surface area contributed by atoms with Gasteiger partial charge in [0, 0.05) is 42.3 Å². The molecule has 4 saturated heterocycles. The number of fused-ring (bicyclic) bond motifs is 6. The maximum atomic E-state index is 6.85. The van der Waals surface area contributed by atoms with E-state index in [0.717, 1.165) is 32.9 Å². The molecule has 4 spiro atoms. The second-order valence-electron chi connectivity index (χ2n) is 12.1. The number of ether oxygens (including phenoxy) is 2. The Bertz CT molecular complexity index is 952. The summed E-state index contributed by atoms with van der Waals surface area (Å²) in [6.45, 7) is 7.50. The highest BCUT2D eigenvalue weighted by atomic mass is 16.5. The molecule has 2 atom stereocenters. The molecule has 4 heteroatoms. The molecule has 0 aromatic heterocycles. The number of hydrogen-bond acceptors (Lipinski definition) is 4. The summed E-state index contributed by atoms with van der Waals surface area (Å²) >= 11 is 0. The van der Waals surface area contributed by atoms with Crippen LogP contribution in [0.4, 0.5) is 0 Å². The van der Waals surface area contributed by atoms with Gasteiger partial charge in [0.1, 0.15) is 5.60 Å². The second kappa shape index (κ2) is 5.94. The summed E-state index contributed by atoms with van der Waals surface area (Å²) in [5, 5.41) is 7.54.